The normalized spacial score (nSPS) is 10.8. The monoisotopic (exact) mass is 300 g/mol. The maximum Gasteiger partial charge on any atom is 0.0545 e. The number of para-hydroxylation sites is 1. The molecular formula is C15H13BrN2. The van der Waals surface area contributed by atoms with Gasteiger partial charge < -0.3 is 10.3 Å². The molecule has 0 radical (unpaired) electrons. The van der Waals surface area contributed by atoms with Crippen LogP contribution < -0.4 is 5.32 Å². The van der Waals surface area contributed by atoms with Crippen molar-refractivity contribution in [1.82, 2.24) is 4.98 Å². The first kappa shape index (κ1) is 11.4. The number of H-pyrrole nitrogens is 1. The first-order valence-electron chi connectivity index (χ1n) is 5.83. The third-order valence-electron chi connectivity index (χ3n) is 3.13. The molecule has 0 bridgehead atoms. The lowest BCUT2D eigenvalue weighted by Crippen LogP contribution is -1.88. The predicted octanol–water partition coefficient (Wildman–Crippen LogP) is 4.64. The van der Waals surface area contributed by atoms with Gasteiger partial charge in [-0.1, -0.05) is 30.3 Å². The van der Waals surface area contributed by atoms with Crippen molar-refractivity contribution in [3.63, 3.8) is 0 Å². The lowest BCUT2D eigenvalue weighted by Gasteiger charge is -2.06. The van der Waals surface area contributed by atoms with Crippen LogP contribution >= 0.6 is 15.9 Å². The maximum absolute atomic E-state index is 3.56. The molecular weight excluding hydrogens is 288 g/mol. The van der Waals surface area contributed by atoms with Crippen LogP contribution in [0.25, 0.3) is 22.0 Å². The highest BCUT2D eigenvalue weighted by Gasteiger charge is 2.07. The van der Waals surface area contributed by atoms with Crippen LogP contribution in [-0.2, 0) is 0 Å². The van der Waals surface area contributed by atoms with Crippen molar-refractivity contribution in [2.75, 3.05) is 12.4 Å². The molecule has 0 saturated heterocycles. The smallest absolute Gasteiger partial charge is 0.0545 e. The SMILES string of the molecule is CNc1cccc(-c2cccc3c(Br)c[nH]c23)c1. The van der Waals surface area contributed by atoms with Gasteiger partial charge in [-0.3, -0.25) is 0 Å². The summed E-state index contributed by atoms with van der Waals surface area (Å²) in [7, 11) is 1.94. The lowest BCUT2D eigenvalue weighted by atomic mass is 10.0. The minimum absolute atomic E-state index is 1.10. The molecule has 0 spiro atoms. The van der Waals surface area contributed by atoms with E-state index in [1.54, 1.807) is 0 Å². The number of aromatic amines is 1. The molecule has 1 aromatic heterocycles. The van der Waals surface area contributed by atoms with Crippen molar-refractivity contribution in [2.24, 2.45) is 0 Å². The molecule has 90 valence electrons. The topological polar surface area (TPSA) is 27.8 Å². The van der Waals surface area contributed by atoms with Crippen LogP contribution in [0.1, 0.15) is 0 Å². The minimum atomic E-state index is 1.10. The van der Waals surface area contributed by atoms with E-state index in [4.69, 9.17) is 0 Å². The molecule has 2 N–H and O–H groups in total. The summed E-state index contributed by atoms with van der Waals surface area (Å²) < 4.78 is 1.10. The third kappa shape index (κ3) is 1.81. The zero-order valence-electron chi connectivity index (χ0n) is 10.00. The van der Waals surface area contributed by atoms with Gasteiger partial charge in [0.1, 0.15) is 0 Å². The molecule has 0 saturated carbocycles. The van der Waals surface area contributed by atoms with Gasteiger partial charge in [0.05, 0.1) is 5.52 Å². The first-order valence-corrected chi connectivity index (χ1v) is 6.62. The highest BCUT2D eigenvalue weighted by atomic mass is 79.9. The Bertz CT molecular complexity index is 701. The fourth-order valence-corrected chi connectivity index (χ4v) is 2.65. The molecule has 0 aliphatic carbocycles. The lowest BCUT2D eigenvalue weighted by molar-refractivity contribution is 1.46. The van der Waals surface area contributed by atoms with Gasteiger partial charge >= 0.3 is 0 Å². The first-order chi connectivity index (χ1) is 8.79. The minimum Gasteiger partial charge on any atom is -0.388 e. The van der Waals surface area contributed by atoms with Crippen LogP contribution in [0.15, 0.2) is 53.1 Å². The van der Waals surface area contributed by atoms with Crippen LogP contribution in [0.3, 0.4) is 0 Å². The van der Waals surface area contributed by atoms with E-state index in [1.807, 2.05) is 13.2 Å². The molecule has 18 heavy (non-hydrogen) atoms. The van der Waals surface area contributed by atoms with E-state index in [2.05, 4.69) is 68.7 Å². The van der Waals surface area contributed by atoms with Gasteiger partial charge in [0.25, 0.3) is 0 Å². The van der Waals surface area contributed by atoms with Crippen LogP contribution in [0.2, 0.25) is 0 Å². The molecule has 2 nitrogen and oxygen atoms in total. The average molecular weight is 301 g/mol. The van der Waals surface area contributed by atoms with Gasteiger partial charge in [0.2, 0.25) is 0 Å². The summed E-state index contributed by atoms with van der Waals surface area (Å²) >= 11 is 3.56. The van der Waals surface area contributed by atoms with Crippen LogP contribution in [0, 0.1) is 0 Å². The second-order valence-corrected chi connectivity index (χ2v) is 5.05. The summed E-state index contributed by atoms with van der Waals surface area (Å²) in [6.07, 6.45) is 1.98. The molecule has 3 aromatic rings. The Labute approximate surface area is 114 Å². The molecule has 0 atom stereocenters. The zero-order valence-corrected chi connectivity index (χ0v) is 11.6. The zero-order chi connectivity index (χ0) is 12.5. The molecule has 3 rings (SSSR count). The second-order valence-electron chi connectivity index (χ2n) is 4.20. The van der Waals surface area contributed by atoms with Gasteiger partial charge in [-0.15, -0.1) is 0 Å². The Morgan fingerprint density at radius 2 is 1.94 bits per heavy atom. The van der Waals surface area contributed by atoms with Gasteiger partial charge in [-0.25, -0.2) is 0 Å². The number of aromatic nitrogens is 1. The van der Waals surface area contributed by atoms with Crippen molar-refractivity contribution in [3.05, 3.63) is 53.1 Å². The quantitative estimate of drug-likeness (QED) is 0.709. The number of nitrogens with one attached hydrogen (secondary N) is 2. The van der Waals surface area contributed by atoms with Gasteiger partial charge in [0.15, 0.2) is 0 Å². The second kappa shape index (κ2) is 4.50. The number of rotatable bonds is 2. The third-order valence-corrected chi connectivity index (χ3v) is 3.78. The summed E-state index contributed by atoms with van der Waals surface area (Å²) in [5.74, 6) is 0. The molecule has 2 aromatic carbocycles. The Morgan fingerprint density at radius 1 is 1.11 bits per heavy atom. The Hall–Kier alpha value is -1.74. The summed E-state index contributed by atoms with van der Waals surface area (Å²) in [5, 5.41) is 4.38. The molecule has 1 heterocycles. The van der Waals surface area contributed by atoms with E-state index in [-0.39, 0.29) is 0 Å². The van der Waals surface area contributed by atoms with E-state index in [0.29, 0.717) is 0 Å². The molecule has 3 heteroatoms. The predicted molar refractivity (Wildman–Crippen MR) is 81.0 cm³/mol. The van der Waals surface area contributed by atoms with Crippen LogP contribution in [-0.4, -0.2) is 12.0 Å². The Kier molecular flexibility index (Phi) is 2.84. The van der Waals surface area contributed by atoms with E-state index in [9.17, 15) is 0 Å². The Balaban J connectivity index is 2.24. The standard InChI is InChI=1S/C15H13BrN2/c1-17-11-5-2-4-10(8-11)12-6-3-7-13-14(16)9-18-15(12)13/h2-9,17-18H,1H3. The number of hydrogen-bond donors (Lipinski definition) is 2. The summed E-state index contributed by atoms with van der Waals surface area (Å²) in [5.41, 5.74) is 4.71. The molecule has 0 aliphatic heterocycles. The van der Waals surface area contributed by atoms with Crippen molar-refractivity contribution in [2.45, 2.75) is 0 Å². The maximum atomic E-state index is 3.56. The molecule has 0 amide bonds. The van der Waals surface area contributed by atoms with Gasteiger partial charge in [0, 0.05) is 34.4 Å². The van der Waals surface area contributed by atoms with Crippen molar-refractivity contribution < 1.29 is 0 Å². The average Bonchev–Trinajstić information content (AvgIpc) is 2.81. The number of halogens is 1. The van der Waals surface area contributed by atoms with Crippen LogP contribution in [0.4, 0.5) is 5.69 Å². The van der Waals surface area contributed by atoms with Crippen molar-refractivity contribution in [1.29, 1.82) is 0 Å². The van der Waals surface area contributed by atoms with Crippen molar-refractivity contribution in [3.8, 4) is 11.1 Å². The number of fused-ring (bicyclic) bond motifs is 1. The highest BCUT2D eigenvalue weighted by molar-refractivity contribution is 9.10. The van der Waals surface area contributed by atoms with Gasteiger partial charge in [-0.05, 0) is 33.6 Å². The van der Waals surface area contributed by atoms with E-state index >= 15 is 0 Å². The largest absolute Gasteiger partial charge is 0.388 e. The summed E-state index contributed by atoms with van der Waals surface area (Å²) in [6.45, 7) is 0. The number of hydrogen-bond acceptors (Lipinski definition) is 1. The van der Waals surface area contributed by atoms with Gasteiger partial charge in [-0.2, -0.15) is 0 Å². The van der Waals surface area contributed by atoms with Crippen LogP contribution in [0.5, 0.6) is 0 Å². The summed E-state index contributed by atoms with van der Waals surface area (Å²) in [6, 6.07) is 14.8. The molecule has 0 unspecified atom stereocenters. The van der Waals surface area contributed by atoms with Crippen molar-refractivity contribution >= 4 is 32.5 Å². The number of anilines is 1. The fraction of sp³-hybridized carbons (Fsp3) is 0.0667. The number of benzene rings is 2. The highest BCUT2D eigenvalue weighted by Crippen LogP contribution is 2.32. The van der Waals surface area contributed by atoms with E-state index < -0.39 is 0 Å². The van der Waals surface area contributed by atoms with E-state index in [0.717, 1.165) is 15.7 Å². The summed E-state index contributed by atoms with van der Waals surface area (Å²) in [4.78, 5) is 3.33. The molecule has 0 aliphatic rings. The Morgan fingerprint density at radius 3 is 2.78 bits per heavy atom. The fourth-order valence-electron chi connectivity index (χ4n) is 2.20. The molecule has 0 fully saturated rings. The van der Waals surface area contributed by atoms with E-state index in [1.165, 1.54) is 16.5 Å².